The van der Waals surface area contributed by atoms with Gasteiger partial charge in [-0.25, -0.2) is 14.8 Å². The molecule has 0 radical (unpaired) electrons. The maximum Gasteiger partial charge on any atom is 0.363 e. The number of pyridine rings is 1. The topological polar surface area (TPSA) is 111 Å². The minimum absolute atomic E-state index is 0.0609. The van der Waals surface area contributed by atoms with Crippen LogP contribution < -0.4 is 10.5 Å². The van der Waals surface area contributed by atoms with E-state index in [2.05, 4.69) is 15.0 Å². The first-order chi connectivity index (χ1) is 8.18. The molecule has 0 saturated heterocycles. The largest absolute Gasteiger partial charge is 0.400 e. The molecule has 0 aliphatic rings. The van der Waals surface area contributed by atoms with Crippen LogP contribution in [0.1, 0.15) is 21.0 Å². The summed E-state index contributed by atoms with van der Waals surface area (Å²) < 4.78 is 4.89. The molecule has 0 bridgehead atoms. The highest BCUT2D eigenvalue weighted by molar-refractivity contribution is 5.95. The maximum absolute atomic E-state index is 11.6. The van der Waals surface area contributed by atoms with Crippen LogP contribution >= 0.6 is 0 Å². The lowest BCUT2D eigenvalue weighted by molar-refractivity contribution is 0.0720. The molecule has 0 spiro atoms. The zero-order chi connectivity index (χ0) is 12.3. The number of hydrogen-bond acceptors (Lipinski definition) is 5. The van der Waals surface area contributed by atoms with Gasteiger partial charge in [0.05, 0.1) is 6.33 Å². The molecule has 1 amide bonds. The summed E-state index contributed by atoms with van der Waals surface area (Å²) in [5.41, 5.74) is 5.11. The molecular formula is C10H8N4O3. The molecule has 2 rings (SSSR count). The van der Waals surface area contributed by atoms with Crippen molar-refractivity contribution >= 4 is 11.9 Å². The van der Waals surface area contributed by atoms with E-state index in [1.165, 1.54) is 18.6 Å². The van der Waals surface area contributed by atoms with Crippen LogP contribution in [0.4, 0.5) is 0 Å². The summed E-state index contributed by atoms with van der Waals surface area (Å²) >= 11 is 0. The van der Waals surface area contributed by atoms with Crippen LogP contribution in [-0.2, 0) is 0 Å². The SMILES string of the molecule is NC(=O)c1[nH]cnc1OC(=O)c1ccccn1. The van der Waals surface area contributed by atoms with E-state index in [9.17, 15) is 9.59 Å². The van der Waals surface area contributed by atoms with E-state index in [1.54, 1.807) is 12.1 Å². The molecule has 7 nitrogen and oxygen atoms in total. The van der Waals surface area contributed by atoms with E-state index in [0.717, 1.165) is 0 Å². The van der Waals surface area contributed by atoms with E-state index in [1.807, 2.05) is 0 Å². The van der Waals surface area contributed by atoms with E-state index < -0.39 is 11.9 Å². The van der Waals surface area contributed by atoms with Crippen LogP contribution in [0.5, 0.6) is 5.88 Å². The van der Waals surface area contributed by atoms with Gasteiger partial charge in [0.15, 0.2) is 5.69 Å². The summed E-state index contributed by atoms with van der Waals surface area (Å²) in [4.78, 5) is 32.5. The highest BCUT2D eigenvalue weighted by atomic mass is 16.5. The Bertz CT molecular complexity index is 550. The standard InChI is InChI=1S/C10H8N4O3/c11-8(15)7-9(14-5-13-7)17-10(16)6-3-1-2-4-12-6/h1-5H,(H2,11,15)(H,13,14). The van der Waals surface area contributed by atoms with Crippen molar-refractivity contribution in [1.82, 2.24) is 15.0 Å². The van der Waals surface area contributed by atoms with Gasteiger partial charge in [0.2, 0.25) is 0 Å². The molecule has 0 atom stereocenters. The molecule has 0 saturated carbocycles. The Morgan fingerprint density at radius 2 is 2.12 bits per heavy atom. The second kappa shape index (κ2) is 4.44. The molecule has 0 fully saturated rings. The lowest BCUT2D eigenvalue weighted by Crippen LogP contribution is -2.16. The van der Waals surface area contributed by atoms with Crippen molar-refractivity contribution in [3.63, 3.8) is 0 Å². The second-order valence-electron chi connectivity index (χ2n) is 3.05. The molecule has 17 heavy (non-hydrogen) atoms. The Balaban J connectivity index is 2.19. The maximum atomic E-state index is 11.6. The monoisotopic (exact) mass is 232 g/mol. The van der Waals surface area contributed by atoms with Crippen LogP contribution in [0.15, 0.2) is 30.7 Å². The van der Waals surface area contributed by atoms with Gasteiger partial charge < -0.3 is 15.5 Å². The number of imidazole rings is 1. The molecule has 2 heterocycles. The molecule has 0 aliphatic heterocycles. The summed E-state index contributed by atoms with van der Waals surface area (Å²) in [5.74, 6) is -1.63. The lowest BCUT2D eigenvalue weighted by Gasteiger charge is -2.01. The zero-order valence-electron chi connectivity index (χ0n) is 8.58. The van der Waals surface area contributed by atoms with Gasteiger partial charge in [0, 0.05) is 6.20 Å². The Hall–Kier alpha value is -2.70. The predicted molar refractivity (Wildman–Crippen MR) is 56.3 cm³/mol. The van der Waals surface area contributed by atoms with Gasteiger partial charge in [0.1, 0.15) is 5.69 Å². The van der Waals surface area contributed by atoms with E-state index in [4.69, 9.17) is 10.5 Å². The molecule has 2 aromatic heterocycles. The summed E-state index contributed by atoms with van der Waals surface area (Å²) in [6.45, 7) is 0. The predicted octanol–water partition coefficient (Wildman–Crippen LogP) is 0.123. The van der Waals surface area contributed by atoms with Gasteiger partial charge in [-0.1, -0.05) is 6.07 Å². The Morgan fingerprint density at radius 3 is 2.76 bits per heavy atom. The van der Waals surface area contributed by atoms with Crippen molar-refractivity contribution in [2.45, 2.75) is 0 Å². The molecule has 3 N–H and O–H groups in total. The number of nitrogens with zero attached hydrogens (tertiary/aromatic N) is 2. The van der Waals surface area contributed by atoms with Crippen LogP contribution in [0, 0.1) is 0 Å². The Morgan fingerprint density at radius 1 is 1.29 bits per heavy atom. The molecule has 86 valence electrons. The summed E-state index contributed by atoms with van der Waals surface area (Å²) in [6, 6.07) is 4.79. The van der Waals surface area contributed by atoms with Crippen LogP contribution in [0.3, 0.4) is 0 Å². The average Bonchev–Trinajstić information content (AvgIpc) is 2.78. The molecule has 0 aliphatic carbocycles. The highest BCUT2D eigenvalue weighted by Crippen LogP contribution is 2.13. The first kappa shape index (κ1) is 10.8. The zero-order valence-corrected chi connectivity index (χ0v) is 8.58. The van der Waals surface area contributed by atoms with Gasteiger partial charge in [0.25, 0.3) is 11.8 Å². The van der Waals surface area contributed by atoms with Gasteiger partial charge in [-0.2, -0.15) is 0 Å². The van der Waals surface area contributed by atoms with E-state index >= 15 is 0 Å². The number of aromatic amines is 1. The molecular weight excluding hydrogens is 224 g/mol. The highest BCUT2D eigenvalue weighted by Gasteiger charge is 2.17. The van der Waals surface area contributed by atoms with Crippen LogP contribution in [0.25, 0.3) is 0 Å². The third-order valence-corrected chi connectivity index (χ3v) is 1.91. The second-order valence-corrected chi connectivity index (χ2v) is 3.05. The number of H-pyrrole nitrogens is 1. The summed E-state index contributed by atoms with van der Waals surface area (Å²) in [6.07, 6.45) is 2.66. The van der Waals surface area contributed by atoms with Crippen molar-refractivity contribution < 1.29 is 14.3 Å². The summed E-state index contributed by atoms with van der Waals surface area (Å²) in [5, 5.41) is 0. The van der Waals surface area contributed by atoms with Crippen molar-refractivity contribution in [1.29, 1.82) is 0 Å². The third-order valence-electron chi connectivity index (χ3n) is 1.91. The fourth-order valence-corrected chi connectivity index (χ4v) is 1.16. The lowest BCUT2D eigenvalue weighted by atomic mass is 10.3. The number of rotatable bonds is 3. The number of primary amides is 1. The minimum atomic E-state index is -0.758. The number of nitrogens with two attached hydrogens (primary N) is 1. The number of amides is 1. The van der Waals surface area contributed by atoms with E-state index in [-0.39, 0.29) is 17.3 Å². The van der Waals surface area contributed by atoms with Crippen molar-refractivity contribution in [2.24, 2.45) is 5.73 Å². The smallest absolute Gasteiger partial charge is 0.363 e. The minimum Gasteiger partial charge on any atom is -0.400 e. The number of esters is 1. The third kappa shape index (κ3) is 2.28. The Labute approximate surface area is 95.6 Å². The molecule has 2 aromatic rings. The van der Waals surface area contributed by atoms with Crippen molar-refractivity contribution in [3.8, 4) is 5.88 Å². The molecule has 7 heteroatoms. The van der Waals surface area contributed by atoms with Crippen molar-refractivity contribution in [2.75, 3.05) is 0 Å². The quantitative estimate of drug-likeness (QED) is 0.730. The molecule has 0 unspecified atom stereocenters. The molecule has 0 aromatic carbocycles. The number of carbonyl (C=O) groups excluding carboxylic acids is 2. The first-order valence-electron chi connectivity index (χ1n) is 4.65. The first-order valence-corrected chi connectivity index (χ1v) is 4.65. The number of hydrogen-bond donors (Lipinski definition) is 2. The van der Waals surface area contributed by atoms with Crippen molar-refractivity contribution in [3.05, 3.63) is 42.1 Å². The Kier molecular flexibility index (Phi) is 2.82. The number of ether oxygens (including phenoxy) is 1. The van der Waals surface area contributed by atoms with Gasteiger partial charge in [-0.05, 0) is 12.1 Å². The fourth-order valence-electron chi connectivity index (χ4n) is 1.16. The van der Waals surface area contributed by atoms with E-state index in [0.29, 0.717) is 0 Å². The van der Waals surface area contributed by atoms with Gasteiger partial charge in [-0.3, -0.25) is 4.79 Å². The van der Waals surface area contributed by atoms with Crippen LogP contribution in [0.2, 0.25) is 0 Å². The average molecular weight is 232 g/mol. The number of aromatic nitrogens is 3. The fraction of sp³-hybridized carbons (Fsp3) is 0. The van der Waals surface area contributed by atoms with Crippen LogP contribution in [-0.4, -0.2) is 26.8 Å². The normalized spacial score (nSPS) is 9.88. The van der Waals surface area contributed by atoms with Gasteiger partial charge in [-0.15, -0.1) is 0 Å². The number of carbonyl (C=O) groups is 2. The summed E-state index contributed by atoms with van der Waals surface area (Å²) in [7, 11) is 0. The van der Waals surface area contributed by atoms with Gasteiger partial charge >= 0.3 is 5.97 Å². The number of nitrogens with one attached hydrogen (secondary N) is 1.